The third-order valence-electron chi connectivity index (χ3n) is 4.98. The van der Waals surface area contributed by atoms with Gasteiger partial charge in [0.05, 0.1) is 5.41 Å². The highest BCUT2D eigenvalue weighted by molar-refractivity contribution is 5.88. The van der Waals surface area contributed by atoms with Gasteiger partial charge in [-0.25, -0.2) is 4.39 Å². The van der Waals surface area contributed by atoms with E-state index < -0.39 is 5.41 Å². The van der Waals surface area contributed by atoms with E-state index in [4.69, 9.17) is 4.74 Å². The molecule has 0 bridgehead atoms. The zero-order valence-electron chi connectivity index (χ0n) is 13.8. The number of piperazine rings is 1. The van der Waals surface area contributed by atoms with Crippen LogP contribution in [0.2, 0.25) is 0 Å². The molecule has 2 saturated heterocycles. The SMILES string of the molecule is C[C@@H]1CN(C(=O)C2(c3cccc(F)c3)CCOCC2)C[C@H](C)N1. The molecular weight excluding hydrogens is 295 g/mol. The maximum absolute atomic E-state index is 13.8. The highest BCUT2D eigenvalue weighted by Gasteiger charge is 2.45. The minimum atomic E-state index is -0.656. The van der Waals surface area contributed by atoms with Crippen LogP contribution in [0.1, 0.15) is 32.3 Å². The van der Waals surface area contributed by atoms with E-state index in [2.05, 4.69) is 19.2 Å². The van der Waals surface area contributed by atoms with Crippen molar-refractivity contribution < 1.29 is 13.9 Å². The van der Waals surface area contributed by atoms with Gasteiger partial charge in [0.25, 0.3) is 0 Å². The number of benzene rings is 1. The standard InChI is InChI=1S/C18H25FN2O2/c1-13-11-21(12-14(2)20-13)17(22)18(6-8-23-9-7-18)15-4-3-5-16(19)10-15/h3-5,10,13-14,20H,6-9,11-12H2,1-2H3/t13-,14+. The van der Waals surface area contributed by atoms with Crippen molar-refractivity contribution in [1.29, 1.82) is 0 Å². The van der Waals surface area contributed by atoms with Crippen LogP contribution in [0, 0.1) is 5.82 Å². The monoisotopic (exact) mass is 320 g/mol. The molecule has 4 nitrogen and oxygen atoms in total. The lowest BCUT2D eigenvalue weighted by molar-refractivity contribution is -0.143. The Balaban J connectivity index is 1.94. The van der Waals surface area contributed by atoms with E-state index in [0.717, 1.165) is 5.56 Å². The van der Waals surface area contributed by atoms with Gasteiger partial charge in [-0.15, -0.1) is 0 Å². The van der Waals surface area contributed by atoms with Crippen LogP contribution in [-0.4, -0.2) is 49.2 Å². The summed E-state index contributed by atoms with van der Waals surface area (Å²) >= 11 is 0. The second kappa shape index (κ2) is 6.57. The Labute approximate surface area is 137 Å². The number of amides is 1. The number of carbonyl (C=O) groups is 1. The van der Waals surface area contributed by atoms with Gasteiger partial charge in [-0.2, -0.15) is 0 Å². The maximum Gasteiger partial charge on any atom is 0.233 e. The molecule has 2 atom stereocenters. The molecule has 1 amide bonds. The minimum Gasteiger partial charge on any atom is -0.381 e. The predicted molar refractivity (Wildman–Crippen MR) is 86.8 cm³/mol. The average Bonchev–Trinajstić information content (AvgIpc) is 2.54. The van der Waals surface area contributed by atoms with Crippen molar-refractivity contribution >= 4 is 5.91 Å². The summed E-state index contributed by atoms with van der Waals surface area (Å²) in [6, 6.07) is 7.05. The zero-order chi connectivity index (χ0) is 16.4. The predicted octanol–water partition coefficient (Wildman–Crippen LogP) is 2.08. The zero-order valence-corrected chi connectivity index (χ0v) is 13.8. The quantitative estimate of drug-likeness (QED) is 0.907. The molecule has 0 unspecified atom stereocenters. The number of nitrogens with one attached hydrogen (secondary N) is 1. The second-order valence-electron chi connectivity index (χ2n) is 6.88. The fourth-order valence-corrected chi connectivity index (χ4v) is 3.93. The molecule has 2 aliphatic rings. The second-order valence-corrected chi connectivity index (χ2v) is 6.88. The Hall–Kier alpha value is -1.46. The number of ether oxygens (including phenoxy) is 1. The van der Waals surface area contributed by atoms with Crippen LogP contribution in [0.25, 0.3) is 0 Å². The molecule has 0 saturated carbocycles. The van der Waals surface area contributed by atoms with Gasteiger partial charge >= 0.3 is 0 Å². The first-order chi connectivity index (χ1) is 11.0. The first kappa shape index (κ1) is 16.4. The molecule has 1 aromatic rings. The molecule has 1 aromatic carbocycles. The first-order valence-electron chi connectivity index (χ1n) is 8.40. The summed E-state index contributed by atoms with van der Waals surface area (Å²) in [5.41, 5.74) is 0.126. The van der Waals surface area contributed by atoms with E-state index in [1.165, 1.54) is 12.1 Å². The lowest BCUT2D eigenvalue weighted by Crippen LogP contribution is -2.60. The van der Waals surface area contributed by atoms with Crippen molar-refractivity contribution in [3.05, 3.63) is 35.6 Å². The van der Waals surface area contributed by atoms with Crippen LogP contribution in [0.15, 0.2) is 24.3 Å². The summed E-state index contributed by atoms with van der Waals surface area (Å²) in [6.07, 6.45) is 1.23. The van der Waals surface area contributed by atoms with Gasteiger partial charge in [0.15, 0.2) is 0 Å². The Morgan fingerprint density at radius 1 is 1.26 bits per heavy atom. The number of carbonyl (C=O) groups excluding carboxylic acids is 1. The maximum atomic E-state index is 13.8. The van der Waals surface area contributed by atoms with E-state index in [0.29, 0.717) is 39.1 Å². The van der Waals surface area contributed by atoms with Crippen LogP contribution in [0.5, 0.6) is 0 Å². The van der Waals surface area contributed by atoms with Gasteiger partial charge in [0.2, 0.25) is 5.91 Å². The lowest BCUT2D eigenvalue weighted by Gasteiger charge is -2.44. The molecular formula is C18H25FN2O2. The van der Waals surface area contributed by atoms with Crippen molar-refractivity contribution in [2.24, 2.45) is 0 Å². The van der Waals surface area contributed by atoms with Gasteiger partial charge < -0.3 is 15.0 Å². The van der Waals surface area contributed by atoms with Gasteiger partial charge in [-0.3, -0.25) is 4.79 Å². The van der Waals surface area contributed by atoms with Crippen molar-refractivity contribution in [1.82, 2.24) is 10.2 Å². The summed E-state index contributed by atoms with van der Waals surface area (Å²) in [4.78, 5) is 15.3. The van der Waals surface area contributed by atoms with Crippen LogP contribution in [-0.2, 0) is 14.9 Å². The molecule has 2 aliphatic heterocycles. The van der Waals surface area contributed by atoms with Crippen molar-refractivity contribution in [3.8, 4) is 0 Å². The number of nitrogens with zero attached hydrogens (tertiary/aromatic N) is 1. The van der Waals surface area contributed by atoms with Gasteiger partial charge in [0, 0.05) is 38.4 Å². The average molecular weight is 320 g/mol. The molecule has 2 fully saturated rings. The Morgan fingerprint density at radius 3 is 2.52 bits per heavy atom. The first-order valence-corrected chi connectivity index (χ1v) is 8.40. The van der Waals surface area contributed by atoms with Crippen LogP contribution >= 0.6 is 0 Å². The summed E-state index contributed by atoms with van der Waals surface area (Å²) in [5, 5.41) is 3.45. The van der Waals surface area contributed by atoms with Crippen molar-refractivity contribution in [2.75, 3.05) is 26.3 Å². The third-order valence-corrected chi connectivity index (χ3v) is 4.98. The molecule has 126 valence electrons. The van der Waals surface area contributed by atoms with Crippen molar-refractivity contribution in [3.63, 3.8) is 0 Å². The highest BCUT2D eigenvalue weighted by atomic mass is 19.1. The normalized spacial score (nSPS) is 27.7. The number of rotatable bonds is 2. The number of halogens is 1. The van der Waals surface area contributed by atoms with Gasteiger partial charge in [-0.05, 0) is 44.4 Å². The van der Waals surface area contributed by atoms with Gasteiger partial charge in [-0.1, -0.05) is 12.1 Å². The summed E-state index contributed by atoms with van der Waals surface area (Å²) in [7, 11) is 0. The molecule has 0 radical (unpaired) electrons. The lowest BCUT2D eigenvalue weighted by atomic mass is 9.72. The third kappa shape index (κ3) is 3.26. The summed E-state index contributed by atoms with van der Waals surface area (Å²) < 4.78 is 19.2. The van der Waals surface area contributed by atoms with Crippen molar-refractivity contribution in [2.45, 2.75) is 44.2 Å². The fraction of sp³-hybridized carbons (Fsp3) is 0.611. The molecule has 0 aromatic heterocycles. The minimum absolute atomic E-state index is 0.117. The Morgan fingerprint density at radius 2 is 1.91 bits per heavy atom. The Bertz CT molecular complexity index is 562. The molecule has 0 spiro atoms. The largest absolute Gasteiger partial charge is 0.381 e. The molecule has 2 heterocycles. The van der Waals surface area contributed by atoms with E-state index >= 15 is 0 Å². The van der Waals surface area contributed by atoms with E-state index in [-0.39, 0.29) is 23.8 Å². The van der Waals surface area contributed by atoms with Crippen LogP contribution in [0.4, 0.5) is 4.39 Å². The number of hydrogen-bond donors (Lipinski definition) is 1. The van der Waals surface area contributed by atoms with Crippen LogP contribution in [0.3, 0.4) is 0 Å². The van der Waals surface area contributed by atoms with Gasteiger partial charge in [0.1, 0.15) is 5.82 Å². The van der Waals surface area contributed by atoms with E-state index in [1.54, 1.807) is 6.07 Å². The van der Waals surface area contributed by atoms with E-state index in [9.17, 15) is 9.18 Å². The Kier molecular flexibility index (Phi) is 4.69. The number of hydrogen-bond acceptors (Lipinski definition) is 3. The smallest absolute Gasteiger partial charge is 0.233 e. The topological polar surface area (TPSA) is 41.6 Å². The molecule has 23 heavy (non-hydrogen) atoms. The molecule has 3 rings (SSSR count). The molecule has 1 N–H and O–H groups in total. The fourth-order valence-electron chi connectivity index (χ4n) is 3.93. The molecule has 0 aliphatic carbocycles. The van der Waals surface area contributed by atoms with E-state index in [1.807, 2.05) is 11.0 Å². The highest BCUT2D eigenvalue weighted by Crippen LogP contribution is 2.37. The molecule has 5 heteroatoms. The summed E-state index contributed by atoms with van der Waals surface area (Å²) in [5.74, 6) is -0.171. The van der Waals surface area contributed by atoms with Crippen LogP contribution < -0.4 is 5.32 Å². The summed E-state index contributed by atoms with van der Waals surface area (Å²) in [6.45, 7) is 6.66.